The van der Waals surface area contributed by atoms with Gasteiger partial charge < -0.3 is 4.74 Å². The Morgan fingerprint density at radius 1 is 1.26 bits per heavy atom. The number of nitrogens with zero attached hydrogens (tertiary/aromatic N) is 2. The molecule has 0 aliphatic carbocycles. The number of hydrogen-bond donors (Lipinski definition) is 1. The van der Waals surface area contributed by atoms with Crippen LogP contribution in [0.2, 0.25) is 0 Å². The minimum Gasteiger partial charge on any atom is -0.494 e. The molecule has 2 aromatic rings. The number of ether oxygens (including phenoxy) is 1. The van der Waals surface area contributed by atoms with Crippen molar-refractivity contribution in [1.29, 1.82) is 0 Å². The summed E-state index contributed by atoms with van der Waals surface area (Å²) < 4.78 is 5.84. The third-order valence-corrected chi connectivity index (χ3v) is 4.43. The molecule has 124 valence electrons. The molecule has 1 aliphatic heterocycles. The minimum absolute atomic E-state index is 0.781. The van der Waals surface area contributed by atoms with Crippen LogP contribution in [0.3, 0.4) is 0 Å². The highest BCUT2D eigenvalue weighted by Crippen LogP contribution is 2.30. The molecule has 4 nitrogen and oxygen atoms in total. The molecule has 0 saturated carbocycles. The van der Waals surface area contributed by atoms with Crippen molar-refractivity contribution in [2.24, 2.45) is 0 Å². The van der Waals surface area contributed by atoms with Crippen molar-refractivity contribution in [2.45, 2.75) is 46.1 Å². The lowest BCUT2D eigenvalue weighted by Crippen LogP contribution is -2.31. The van der Waals surface area contributed by atoms with Crippen molar-refractivity contribution >= 4 is 0 Å². The maximum absolute atomic E-state index is 5.84. The standard InChI is InChI=1S/C19H27N3O/c1-3-5-12-23-16-8-6-7-15(13-16)19-17-14-22(10-4-2)11-9-18(17)20-21-19/h6-8,13H,3-5,9-12,14H2,1-2H3,(H,20,21). The molecule has 23 heavy (non-hydrogen) atoms. The summed E-state index contributed by atoms with van der Waals surface area (Å²) in [6.45, 7) is 8.48. The fourth-order valence-corrected chi connectivity index (χ4v) is 3.16. The van der Waals surface area contributed by atoms with E-state index < -0.39 is 0 Å². The number of nitrogens with one attached hydrogen (secondary N) is 1. The van der Waals surface area contributed by atoms with Gasteiger partial charge in [0.2, 0.25) is 0 Å². The van der Waals surface area contributed by atoms with Gasteiger partial charge in [-0.3, -0.25) is 10.00 Å². The molecule has 1 N–H and O–H groups in total. The Bertz CT molecular complexity index is 635. The zero-order chi connectivity index (χ0) is 16.1. The molecule has 0 radical (unpaired) electrons. The summed E-state index contributed by atoms with van der Waals surface area (Å²) >= 11 is 0. The van der Waals surface area contributed by atoms with E-state index in [9.17, 15) is 0 Å². The normalized spacial score (nSPS) is 14.7. The van der Waals surface area contributed by atoms with Crippen molar-refractivity contribution in [3.63, 3.8) is 0 Å². The zero-order valence-corrected chi connectivity index (χ0v) is 14.3. The van der Waals surface area contributed by atoms with Gasteiger partial charge in [-0.1, -0.05) is 32.4 Å². The SMILES string of the molecule is CCCCOc1cccc(-c2n[nH]c3c2CN(CCC)CC3)c1. The van der Waals surface area contributed by atoms with Crippen LogP contribution in [0.1, 0.15) is 44.4 Å². The third-order valence-electron chi connectivity index (χ3n) is 4.43. The molecule has 4 heteroatoms. The Kier molecular flexibility index (Phi) is 5.34. The monoisotopic (exact) mass is 313 g/mol. The van der Waals surface area contributed by atoms with E-state index in [1.54, 1.807) is 0 Å². The lowest BCUT2D eigenvalue weighted by molar-refractivity contribution is 0.254. The van der Waals surface area contributed by atoms with Crippen LogP contribution < -0.4 is 4.74 Å². The Balaban J connectivity index is 1.80. The molecule has 3 rings (SSSR count). The number of benzene rings is 1. The van der Waals surface area contributed by atoms with E-state index in [-0.39, 0.29) is 0 Å². The summed E-state index contributed by atoms with van der Waals surface area (Å²) in [5, 5.41) is 7.83. The van der Waals surface area contributed by atoms with E-state index >= 15 is 0 Å². The Morgan fingerprint density at radius 3 is 3.00 bits per heavy atom. The summed E-state index contributed by atoms with van der Waals surface area (Å²) in [6.07, 6.45) is 4.51. The molecule has 1 aromatic carbocycles. The number of unbranched alkanes of at least 4 members (excludes halogenated alkanes) is 1. The number of fused-ring (bicyclic) bond motifs is 1. The summed E-state index contributed by atoms with van der Waals surface area (Å²) in [5.41, 5.74) is 4.89. The van der Waals surface area contributed by atoms with Gasteiger partial charge in [0, 0.05) is 36.3 Å². The second-order valence-electron chi connectivity index (χ2n) is 6.29. The van der Waals surface area contributed by atoms with Gasteiger partial charge in [0.1, 0.15) is 5.75 Å². The fourth-order valence-electron chi connectivity index (χ4n) is 3.16. The number of aromatic amines is 1. The number of rotatable bonds is 7. The van der Waals surface area contributed by atoms with Crippen LogP contribution in [0.25, 0.3) is 11.3 Å². The Morgan fingerprint density at radius 2 is 2.17 bits per heavy atom. The summed E-state index contributed by atoms with van der Waals surface area (Å²) in [6, 6.07) is 8.33. The van der Waals surface area contributed by atoms with Crippen LogP contribution in [0.5, 0.6) is 5.75 Å². The van der Waals surface area contributed by atoms with Crippen LogP contribution in [0.15, 0.2) is 24.3 Å². The molecular weight excluding hydrogens is 286 g/mol. The zero-order valence-electron chi connectivity index (χ0n) is 14.3. The fraction of sp³-hybridized carbons (Fsp3) is 0.526. The van der Waals surface area contributed by atoms with Crippen LogP contribution in [-0.4, -0.2) is 34.8 Å². The van der Waals surface area contributed by atoms with Gasteiger partial charge in [-0.15, -0.1) is 0 Å². The summed E-state index contributed by atoms with van der Waals surface area (Å²) in [4.78, 5) is 2.52. The predicted octanol–water partition coefficient (Wildman–Crippen LogP) is 4.02. The van der Waals surface area contributed by atoms with Crippen LogP contribution in [0.4, 0.5) is 0 Å². The molecule has 0 spiro atoms. The van der Waals surface area contributed by atoms with Gasteiger partial charge >= 0.3 is 0 Å². The molecule has 0 atom stereocenters. The van der Waals surface area contributed by atoms with E-state index in [0.29, 0.717) is 0 Å². The predicted molar refractivity (Wildman–Crippen MR) is 93.7 cm³/mol. The summed E-state index contributed by atoms with van der Waals surface area (Å²) in [7, 11) is 0. The smallest absolute Gasteiger partial charge is 0.119 e. The highest BCUT2D eigenvalue weighted by atomic mass is 16.5. The van der Waals surface area contributed by atoms with E-state index in [4.69, 9.17) is 4.74 Å². The molecule has 1 aliphatic rings. The third kappa shape index (κ3) is 3.75. The second kappa shape index (κ2) is 7.64. The van der Waals surface area contributed by atoms with Crippen molar-refractivity contribution in [3.05, 3.63) is 35.5 Å². The number of aromatic nitrogens is 2. The first kappa shape index (κ1) is 16.1. The molecule has 1 aromatic heterocycles. The lowest BCUT2D eigenvalue weighted by Gasteiger charge is -2.26. The van der Waals surface area contributed by atoms with E-state index in [0.717, 1.165) is 62.5 Å². The van der Waals surface area contributed by atoms with Gasteiger partial charge in [-0.05, 0) is 31.5 Å². The van der Waals surface area contributed by atoms with E-state index in [1.165, 1.54) is 17.7 Å². The average molecular weight is 313 g/mol. The lowest BCUT2D eigenvalue weighted by atomic mass is 10.0. The van der Waals surface area contributed by atoms with Gasteiger partial charge in [0.05, 0.1) is 12.3 Å². The van der Waals surface area contributed by atoms with Crippen molar-refractivity contribution < 1.29 is 4.74 Å². The van der Waals surface area contributed by atoms with Gasteiger partial charge in [-0.25, -0.2) is 0 Å². The van der Waals surface area contributed by atoms with Gasteiger partial charge in [0.25, 0.3) is 0 Å². The van der Waals surface area contributed by atoms with Crippen LogP contribution in [-0.2, 0) is 13.0 Å². The van der Waals surface area contributed by atoms with Crippen LogP contribution >= 0.6 is 0 Å². The Labute approximate surface area is 138 Å². The first-order chi connectivity index (χ1) is 11.3. The Hall–Kier alpha value is -1.81. The van der Waals surface area contributed by atoms with E-state index in [2.05, 4.69) is 47.1 Å². The highest BCUT2D eigenvalue weighted by molar-refractivity contribution is 5.65. The average Bonchev–Trinajstić information content (AvgIpc) is 2.99. The quantitative estimate of drug-likeness (QED) is 0.785. The molecule has 0 fully saturated rings. The topological polar surface area (TPSA) is 41.1 Å². The van der Waals surface area contributed by atoms with Gasteiger partial charge in [0.15, 0.2) is 0 Å². The maximum atomic E-state index is 5.84. The molecule has 0 amide bonds. The van der Waals surface area contributed by atoms with Crippen molar-refractivity contribution in [1.82, 2.24) is 15.1 Å². The van der Waals surface area contributed by atoms with Crippen LogP contribution in [0, 0.1) is 0 Å². The minimum atomic E-state index is 0.781. The molecular formula is C19H27N3O. The first-order valence-electron chi connectivity index (χ1n) is 8.83. The van der Waals surface area contributed by atoms with Crippen molar-refractivity contribution in [2.75, 3.05) is 19.7 Å². The highest BCUT2D eigenvalue weighted by Gasteiger charge is 2.22. The number of hydrogen-bond acceptors (Lipinski definition) is 3. The number of H-pyrrole nitrogens is 1. The maximum Gasteiger partial charge on any atom is 0.119 e. The first-order valence-corrected chi connectivity index (χ1v) is 8.83. The largest absolute Gasteiger partial charge is 0.494 e. The second-order valence-corrected chi connectivity index (χ2v) is 6.29. The summed E-state index contributed by atoms with van der Waals surface area (Å²) in [5.74, 6) is 0.939. The molecule has 0 unspecified atom stereocenters. The van der Waals surface area contributed by atoms with E-state index in [1.807, 2.05) is 6.07 Å². The van der Waals surface area contributed by atoms with Crippen molar-refractivity contribution in [3.8, 4) is 17.0 Å². The molecule has 0 saturated heterocycles. The molecule has 0 bridgehead atoms. The molecule has 2 heterocycles. The van der Waals surface area contributed by atoms with Gasteiger partial charge in [-0.2, -0.15) is 5.10 Å².